The average Bonchev–Trinajstić information content (AvgIpc) is 2.26. The van der Waals surface area contributed by atoms with Gasteiger partial charge in [0.25, 0.3) is 0 Å². The highest BCUT2D eigenvalue weighted by Gasteiger charge is 2.35. The average molecular weight is 238 g/mol. The van der Waals surface area contributed by atoms with Crippen LogP contribution in [0.2, 0.25) is 0 Å². The van der Waals surface area contributed by atoms with Crippen LogP contribution in [-0.2, 0) is 4.79 Å². The van der Waals surface area contributed by atoms with Gasteiger partial charge in [-0.3, -0.25) is 4.79 Å². The fourth-order valence-corrected chi connectivity index (χ4v) is 3.15. The second kappa shape index (κ2) is 6.02. The molecular weight excluding hydrogens is 208 g/mol. The molecule has 0 aliphatic heterocycles. The third kappa shape index (κ3) is 4.12. The lowest BCUT2D eigenvalue weighted by molar-refractivity contribution is -0.127. The first kappa shape index (κ1) is 14.7. The van der Waals surface area contributed by atoms with Crippen molar-refractivity contribution >= 4 is 5.78 Å². The standard InChI is InChI=1S/C16H30O/c1-6-12(7-2)10-13-11-14(16(3,4)5)8-9-15(13)17/h12-14H,6-11H2,1-5H3. The summed E-state index contributed by atoms with van der Waals surface area (Å²) in [6.07, 6.45) is 6.66. The minimum atomic E-state index is 0.359. The van der Waals surface area contributed by atoms with Gasteiger partial charge in [-0.2, -0.15) is 0 Å². The summed E-state index contributed by atoms with van der Waals surface area (Å²) in [5.74, 6) is 2.39. The van der Waals surface area contributed by atoms with Crippen LogP contribution in [0.3, 0.4) is 0 Å². The SMILES string of the molecule is CCC(CC)CC1CC(C(C)(C)C)CCC1=O. The molecular formula is C16H30O. The van der Waals surface area contributed by atoms with Crippen LogP contribution >= 0.6 is 0 Å². The normalized spacial score (nSPS) is 26.6. The molecule has 1 nitrogen and oxygen atoms in total. The Kier molecular flexibility index (Phi) is 5.22. The Morgan fingerprint density at radius 3 is 2.29 bits per heavy atom. The largest absolute Gasteiger partial charge is 0.299 e. The van der Waals surface area contributed by atoms with Crippen LogP contribution in [0.5, 0.6) is 0 Å². The monoisotopic (exact) mass is 238 g/mol. The van der Waals surface area contributed by atoms with Crippen molar-refractivity contribution in [3.05, 3.63) is 0 Å². The molecule has 1 fully saturated rings. The lowest BCUT2D eigenvalue weighted by Crippen LogP contribution is -2.33. The van der Waals surface area contributed by atoms with Crippen molar-refractivity contribution in [2.75, 3.05) is 0 Å². The lowest BCUT2D eigenvalue weighted by Gasteiger charge is -2.37. The molecule has 0 aromatic carbocycles. The number of rotatable bonds is 4. The van der Waals surface area contributed by atoms with Crippen LogP contribution in [0.4, 0.5) is 0 Å². The van der Waals surface area contributed by atoms with Gasteiger partial charge in [0.15, 0.2) is 0 Å². The summed E-state index contributed by atoms with van der Waals surface area (Å²) in [5.41, 5.74) is 0.368. The summed E-state index contributed by atoms with van der Waals surface area (Å²) in [6, 6.07) is 0. The van der Waals surface area contributed by atoms with Gasteiger partial charge in [-0.05, 0) is 36.5 Å². The van der Waals surface area contributed by atoms with E-state index in [1.54, 1.807) is 0 Å². The molecule has 0 N–H and O–H groups in total. The maximum absolute atomic E-state index is 12.0. The van der Waals surface area contributed by atoms with E-state index in [4.69, 9.17) is 0 Å². The molecule has 0 saturated heterocycles. The Bertz CT molecular complexity index is 245. The minimum absolute atomic E-state index is 0.359. The summed E-state index contributed by atoms with van der Waals surface area (Å²) in [4.78, 5) is 12.0. The minimum Gasteiger partial charge on any atom is -0.299 e. The first-order valence-electron chi connectivity index (χ1n) is 7.41. The topological polar surface area (TPSA) is 17.1 Å². The molecule has 1 rings (SSSR count). The Balaban J connectivity index is 2.60. The van der Waals surface area contributed by atoms with E-state index in [-0.39, 0.29) is 0 Å². The molecule has 1 aliphatic rings. The zero-order chi connectivity index (χ0) is 13.1. The zero-order valence-corrected chi connectivity index (χ0v) is 12.4. The van der Waals surface area contributed by atoms with Crippen molar-refractivity contribution in [1.82, 2.24) is 0 Å². The highest BCUT2D eigenvalue weighted by molar-refractivity contribution is 5.81. The van der Waals surface area contributed by atoms with Gasteiger partial charge in [-0.25, -0.2) is 0 Å². The van der Waals surface area contributed by atoms with Crippen LogP contribution in [-0.4, -0.2) is 5.78 Å². The third-order valence-corrected chi connectivity index (χ3v) is 4.76. The predicted octanol–water partition coefficient (Wildman–Crippen LogP) is 4.84. The number of carbonyl (C=O) groups is 1. The number of hydrogen-bond donors (Lipinski definition) is 0. The molecule has 1 aliphatic carbocycles. The van der Waals surface area contributed by atoms with E-state index < -0.39 is 0 Å². The molecule has 1 saturated carbocycles. The fraction of sp³-hybridized carbons (Fsp3) is 0.938. The van der Waals surface area contributed by atoms with E-state index in [0.717, 1.165) is 37.5 Å². The lowest BCUT2D eigenvalue weighted by atomic mass is 9.67. The van der Waals surface area contributed by atoms with Gasteiger partial charge < -0.3 is 0 Å². The summed E-state index contributed by atoms with van der Waals surface area (Å²) >= 11 is 0. The second-order valence-electron chi connectivity index (χ2n) is 6.92. The van der Waals surface area contributed by atoms with E-state index in [2.05, 4.69) is 34.6 Å². The quantitative estimate of drug-likeness (QED) is 0.684. The van der Waals surface area contributed by atoms with Crippen molar-refractivity contribution in [2.45, 2.75) is 73.1 Å². The number of ketones is 1. The molecule has 17 heavy (non-hydrogen) atoms. The van der Waals surface area contributed by atoms with Gasteiger partial charge in [0.1, 0.15) is 5.78 Å². The summed E-state index contributed by atoms with van der Waals surface area (Å²) in [6.45, 7) is 11.5. The summed E-state index contributed by atoms with van der Waals surface area (Å²) in [7, 11) is 0. The Labute approximate surface area is 107 Å². The molecule has 0 amide bonds. The molecule has 0 heterocycles. The van der Waals surface area contributed by atoms with Crippen molar-refractivity contribution in [2.24, 2.45) is 23.2 Å². The first-order valence-corrected chi connectivity index (χ1v) is 7.41. The molecule has 0 spiro atoms. The van der Waals surface area contributed by atoms with E-state index in [1.165, 1.54) is 12.8 Å². The van der Waals surface area contributed by atoms with Gasteiger partial charge >= 0.3 is 0 Å². The number of hydrogen-bond acceptors (Lipinski definition) is 1. The van der Waals surface area contributed by atoms with Gasteiger partial charge in [0, 0.05) is 12.3 Å². The van der Waals surface area contributed by atoms with E-state index >= 15 is 0 Å². The molecule has 2 atom stereocenters. The summed E-state index contributed by atoms with van der Waals surface area (Å²) in [5, 5.41) is 0. The maximum atomic E-state index is 12.0. The van der Waals surface area contributed by atoms with Crippen molar-refractivity contribution < 1.29 is 4.79 Å². The first-order chi connectivity index (χ1) is 7.88. The molecule has 0 bridgehead atoms. The van der Waals surface area contributed by atoms with Crippen LogP contribution < -0.4 is 0 Å². The van der Waals surface area contributed by atoms with Gasteiger partial charge in [-0.15, -0.1) is 0 Å². The maximum Gasteiger partial charge on any atom is 0.136 e. The van der Waals surface area contributed by atoms with Gasteiger partial charge in [0.2, 0.25) is 0 Å². The Morgan fingerprint density at radius 1 is 1.24 bits per heavy atom. The highest BCUT2D eigenvalue weighted by Crippen LogP contribution is 2.41. The number of carbonyl (C=O) groups excluding carboxylic acids is 1. The van der Waals surface area contributed by atoms with Crippen molar-refractivity contribution in [3.8, 4) is 0 Å². The van der Waals surface area contributed by atoms with E-state index in [9.17, 15) is 4.79 Å². The van der Waals surface area contributed by atoms with Crippen LogP contribution in [0.1, 0.15) is 73.1 Å². The molecule has 0 aromatic heterocycles. The molecule has 2 unspecified atom stereocenters. The van der Waals surface area contributed by atoms with Crippen LogP contribution in [0.15, 0.2) is 0 Å². The number of Topliss-reactive ketones (excluding diaryl/α,β-unsaturated/α-hetero) is 1. The van der Waals surface area contributed by atoms with Gasteiger partial charge in [-0.1, -0.05) is 47.5 Å². The van der Waals surface area contributed by atoms with E-state index in [1.807, 2.05) is 0 Å². The Morgan fingerprint density at radius 2 is 1.82 bits per heavy atom. The molecule has 1 heteroatoms. The van der Waals surface area contributed by atoms with Crippen LogP contribution in [0, 0.1) is 23.2 Å². The van der Waals surface area contributed by atoms with Crippen molar-refractivity contribution in [3.63, 3.8) is 0 Å². The second-order valence-corrected chi connectivity index (χ2v) is 6.92. The smallest absolute Gasteiger partial charge is 0.136 e. The Hall–Kier alpha value is -0.330. The molecule has 100 valence electrons. The molecule has 0 radical (unpaired) electrons. The third-order valence-electron chi connectivity index (χ3n) is 4.76. The predicted molar refractivity (Wildman–Crippen MR) is 74.0 cm³/mol. The highest BCUT2D eigenvalue weighted by atomic mass is 16.1. The van der Waals surface area contributed by atoms with E-state index in [0.29, 0.717) is 17.1 Å². The van der Waals surface area contributed by atoms with Crippen molar-refractivity contribution in [1.29, 1.82) is 0 Å². The van der Waals surface area contributed by atoms with Gasteiger partial charge in [0.05, 0.1) is 0 Å². The zero-order valence-electron chi connectivity index (χ0n) is 12.4. The molecule has 0 aromatic rings. The van der Waals surface area contributed by atoms with Crippen LogP contribution in [0.25, 0.3) is 0 Å². The summed E-state index contributed by atoms with van der Waals surface area (Å²) < 4.78 is 0. The fourth-order valence-electron chi connectivity index (χ4n) is 3.15.